The minimum atomic E-state index is -0.157. The van der Waals surface area contributed by atoms with Gasteiger partial charge in [0.2, 0.25) is 3.79 Å². The van der Waals surface area contributed by atoms with Crippen molar-refractivity contribution in [2.24, 2.45) is 5.16 Å². The molecule has 0 saturated heterocycles. The Morgan fingerprint density at radius 2 is 2.15 bits per heavy atom. The smallest absolute Gasteiger partial charge is 0.244 e. The molecule has 72 valence electrons. The number of rotatable bonds is 4. The van der Waals surface area contributed by atoms with Crippen molar-refractivity contribution in [3.8, 4) is 0 Å². The predicted molar refractivity (Wildman–Crippen MR) is 62.0 cm³/mol. The zero-order chi connectivity index (χ0) is 10.4. The molecule has 0 radical (unpaired) electrons. The molecule has 0 rings (SSSR count). The monoisotopic (exact) mass is 293 g/mol. The zero-order valence-electron chi connectivity index (χ0n) is 7.93. The molecule has 13 heavy (non-hydrogen) atoms. The number of oxime groups is 1. The Morgan fingerprint density at radius 3 is 2.38 bits per heavy atom. The summed E-state index contributed by atoms with van der Waals surface area (Å²) in [6.45, 7) is 7.40. The first kappa shape index (κ1) is 12.3. The van der Waals surface area contributed by atoms with Gasteiger partial charge in [-0.25, -0.2) is 0 Å². The molecule has 0 saturated carbocycles. The highest BCUT2D eigenvalue weighted by Gasteiger charge is 2.14. The van der Waals surface area contributed by atoms with Crippen LogP contribution in [0.5, 0.6) is 0 Å². The molecule has 0 fully saturated rings. The van der Waals surface area contributed by atoms with Crippen molar-refractivity contribution in [1.82, 2.24) is 0 Å². The van der Waals surface area contributed by atoms with Gasteiger partial charge in [-0.15, -0.1) is 0 Å². The molecule has 0 aliphatic rings. The molecule has 0 atom stereocenters. The maximum absolute atomic E-state index is 11.1. The predicted octanol–water partition coefficient (Wildman–Crippen LogP) is 2.47. The maximum Gasteiger partial charge on any atom is 0.244 e. The molecule has 0 unspecified atom stereocenters. The molecule has 4 heteroatoms. The second kappa shape index (κ2) is 5.90. The van der Waals surface area contributed by atoms with E-state index >= 15 is 0 Å². The van der Waals surface area contributed by atoms with Crippen LogP contribution in [-0.4, -0.2) is 16.6 Å². The number of allylic oxidation sites excluding steroid dienone is 3. The Bertz CT molecular complexity index is 279. The lowest BCUT2D eigenvalue weighted by molar-refractivity contribution is -0.104. The van der Waals surface area contributed by atoms with Crippen molar-refractivity contribution >= 4 is 32.1 Å². The van der Waals surface area contributed by atoms with E-state index in [-0.39, 0.29) is 3.79 Å². The SMILES string of the molecule is C=C(C)C(=C\C)/C(=N\OC)C(=O)I. The van der Waals surface area contributed by atoms with E-state index in [4.69, 9.17) is 0 Å². The van der Waals surface area contributed by atoms with Crippen LogP contribution >= 0.6 is 22.6 Å². The lowest BCUT2D eigenvalue weighted by Crippen LogP contribution is -2.11. The normalized spacial score (nSPS) is 12.6. The van der Waals surface area contributed by atoms with E-state index in [2.05, 4.69) is 16.6 Å². The van der Waals surface area contributed by atoms with Crippen molar-refractivity contribution in [3.05, 3.63) is 23.8 Å². The topological polar surface area (TPSA) is 38.7 Å². The molecule has 3 nitrogen and oxygen atoms in total. The largest absolute Gasteiger partial charge is 0.399 e. The van der Waals surface area contributed by atoms with Gasteiger partial charge < -0.3 is 4.84 Å². The summed E-state index contributed by atoms with van der Waals surface area (Å²) in [7, 11) is 1.41. The van der Waals surface area contributed by atoms with Gasteiger partial charge in [-0.2, -0.15) is 0 Å². The quantitative estimate of drug-likeness (QED) is 0.262. The van der Waals surface area contributed by atoms with Crippen molar-refractivity contribution in [2.45, 2.75) is 13.8 Å². The van der Waals surface area contributed by atoms with E-state index in [0.717, 1.165) is 11.1 Å². The summed E-state index contributed by atoms with van der Waals surface area (Å²) < 4.78 is -0.157. The third kappa shape index (κ3) is 3.71. The van der Waals surface area contributed by atoms with E-state index in [9.17, 15) is 4.79 Å². The van der Waals surface area contributed by atoms with E-state index in [1.165, 1.54) is 7.11 Å². The molecule has 0 aliphatic carbocycles. The molecular formula is C9H12INO2. The van der Waals surface area contributed by atoms with Gasteiger partial charge in [-0.3, -0.25) is 4.79 Å². The average molecular weight is 293 g/mol. The van der Waals surface area contributed by atoms with E-state index < -0.39 is 0 Å². The highest BCUT2D eigenvalue weighted by atomic mass is 127. The Labute approximate surface area is 91.7 Å². The molecule has 0 aliphatic heterocycles. The second-order valence-corrected chi connectivity index (χ2v) is 3.36. The van der Waals surface area contributed by atoms with E-state index in [1.807, 2.05) is 13.8 Å². The van der Waals surface area contributed by atoms with Crippen LogP contribution in [0.1, 0.15) is 13.8 Å². The molecule has 0 aromatic heterocycles. The van der Waals surface area contributed by atoms with Crippen LogP contribution in [-0.2, 0) is 9.63 Å². The van der Waals surface area contributed by atoms with Gasteiger partial charge in [0.05, 0.1) is 0 Å². The van der Waals surface area contributed by atoms with Crippen LogP contribution in [0.3, 0.4) is 0 Å². The zero-order valence-corrected chi connectivity index (χ0v) is 10.1. The van der Waals surface area contributed by atoms with Gasteiger partial charge in [-0.05, 0) is 19.4 Å². The summed E-state index contributed by atoms with van der Waals surface area (Å²) in [5.74, 6) is 0. The Kier molecular flexibility index (Phi) is 5.61. The molecule has 0 spiro atoms. The summed E-state index contributed by atoms with van der Waals surface area (Å²) in [6, 6.07) is 0. The van der Waals surface area contributed by atoms with Crippen LogP contribution in [0.25, 0.3) is 0 Å². The first-order valence-electron chi connectivity index (χ1n) is 3.68. The molecule has 0 aromatic carbocycles. The number of hydrogen-bond donors (Lipinski definition) is 0. The van der Waals surface area contributed by atoms with Gasteiger partial charge in [0, 0.05) is 28.2 Å². The van der Waals surface area contributed by atoms with Crippen molar-refractivity contribution in [2.75, 3.05) is 7.11 Å². The lowest BCUT2D eigenvalue weighted by Gasteiger charge is -2.04. The fourth-order valence-corrected chi connectivity index (χ4v) is 1.26. The first-order valence-corrected chi connectivity index (χ1v) is 4.76. The number of halogens is 1. The average Bonchev–Trinajstić information content (AvgIpc) is 2.03. The van der Waals surface area contributed by atoms with Crippen molar-refractivity contribution < 1.29 is 9.63 Å². The fourth-order valence-electron chi connectivity index (χ4n) is 0.867. The highest BCUT2D eigenvalue weighted by molar-refractivity contribution is 14.1. The number of carbonyl (C=O) groups is 1. The standard InChI is InChI=1S/C9H12INO2/c1-5-7(6(2)3)8(9(10)12)11-13-4/h5H,2H2,1,3-4H3/b7-5+,11-8+. The second-order valence-electron chi connectivity index (χ2n) is 2.38. The molecule has 0 amide bonds. The van der Waals surface area contributed by atoms with Crippen LogP contribution in [0.2, 0.25) is 0 Å². The number of hydrogen-bond acceptors (Lipinski definition) is 3. The van der Waals surface area contributed by atoms with Gasteiger partial charge in [-0.1, -0.05) is 17.8 Å². The molecule has 0 bridgehead atoms. The Hall–Kier alpha value is -0.650. The summed E-state index contributed by atoms with van der Waals surface area (Å²) in [5, 5.41) is 3.65. The molecule has 0 heterocycles. The van der Waals surface area contributed by atoms with Crippen LogP contribution < -0.4 is 0 Å². The fraction of sp³-hybridized carbons (Fsp3) is 0.333. The Balaban J connectivity index is 5.06. The first-order chi connectivity index (χ1) is 6.04. The highest BCUT2D eigenvalue weighted by Crippen LogP contribution is 2.12. The van der Waals surface area contributed by atoms with Gasteiger partial charge >= 0.3 is 0 Å². The van der Waals surface area contributed by atoms with Crippen molar-refractivity contribution in [1.29, 1.82) is 0 Å². The third-order valence-electron chi connectivity index (χ3n) is 1.37. The minimum absolute atomic E-state index is 0.157. The van der Waals surface area contributed by atoms with Crippen LogP contribution in [0, 0.1) is 0 Å². The molecule has 0 aromatic rings. The molecule has 0 N–H and O–H groups in total. The van der Waals surface area contributed by atoms with E-state index in [1.54, 1.807) is 28.7 Å². The maximum atomic E-state index is 11.1. The van der Waals surface area contributed by atoms with E-state index in [0.29, 0.717) is 5.71 Å². The van der Waals surface area contributed by atoms with Crippen LogP contribution in [0.4, 0.5) is 0 Å². The summed E-state index contributed by atoms with van der Waals surface area (Å²) in [4.78, 5) is 15.7. The van der Waals surface area contributed by atoms with Gasteiger partial charge in [0.15, 0.2) is 5.71 Å². The van der Waals surface area contributed by atoms with Crippen molar-refractivity contribution in [3.63, 3.8) is 0 Å². The lowest BCUT2D eigenvalue weighted by atomic mass is 10.1. The number of carbonyl (C=O) groups excluding carboxylic acids is 1. The summed E-state index contributed by atoms with van der Waals surface area (Å²) in [5.41, 5.74) is 1.82. The third-order valence-corrected chi connectivity index (χ3v) is 1.88. The minimum Gasteiger partial charge on any atom is -0.399 e. The van der Waals surface area contributed by atoms with Crippen LogP contribution in [0.15, 0.2) is 29.0 Å². The van der Waals surface area contributed by atoms with Gasteiger partial charge in [0.1, 0.15) is 7.11 Å². The summed E-state index contributed by atoms with van der Waals surface area (Å²) >= 11 is 1.67. The van der Waals surface area contributed by atoms with Gasteiger partial charge in [0.25, 0.3) is 0 Å². The Morgan fingerprint density at radius 1 is 1.62 bits per heavy atom. The molecular weight excluding hydrogens is 281 g/mol. The number of nitrogens with zero attached hydrogens (tertiary/aromatic N) is 1. The summed E-state index contributed by atoms with van der Waals surface area (Å²) in [6.07, 6.45) is 1.79.